The summed E-state index contributed by atoms with van der Waals surface area (Å²) in [7, 11) is 1.20. The SMILES string of the molecule is CC[C@@H]1O[C@@H](SC[C@H](NC(=O)c2ccccc2)C(=O)OC)[C@H](OC(C)=O)[C@H](OC(C)=O)[C@H]1OC(C)=O. The van der Waals surface area contributed by atoms with Gasteiger partial charge in [0.1, 0.15) is 11.5 Å². The van der Waals surface area contributed by atoms with Gasteiger partial charge in [0.2, 0.25) is 0 Å². The van der Waals surface area contributed by atoms with Crippen LogP contribution < -0.4 is 5.32 Å². The first-order valence-electron chi connectivity index (χ1n) is 11.3. The first kappa shape index (κ1) is 29.1. The predicted octanol–water partition coefficient (Wildman–Crippen LogP) is 1.62. The maximum absolute atomic E-state index is 12.6. The molecule has 198 valence electrons. The first-order chi connectivity index (χ1) is 17.1. The molecule has 1 aliphatic rings. The number of amides is 1. The maximum Gasteiger partial charge on any atom is 0.329 e. The standard InChI is InChI=1S/C24H31NO10S/c1-6-18-19(32-13(2)26)20(33-14(3)27)21(34-15(4)28)24(35-18)36-12-17(23(30)31-5)25-22(29)16-10-8-7-9-11-16/h7-11,17-21,24H,6,12H2,1-5H3,(H,25,29)/t17-,18-,19-,20+,21+,24-/m0/s1. The molecule has 1 aromatic carbocycles. The Morgan fingerprint density at radius 3 is 2.00 bits per heavy atom. The van der Waals surface area contributed by atoms with E-state index in [1.165, 1.54) is 27.9 Å². The Balaban J connectivity index is 2.29. The Labute approximate surface area is 213 Å². The number of rotatable bonds is 10. The summed E-state index contributed by atoms with van der Waals surface area (Å²) in [5.41, 5.74) is -0.566. The molecule has 1 amide bonds. The second-order valence-electron chi connectivity index (χ2n) is 7.92. The molecule has 12 heteroatoms. The maximum atomic E-state index is 12.6. The Bertz CT molecular complexity index is 940. The van der Waals surface area contributed by atoms with Crippen LogP contribution in [0.4, 0.5) is 0 Å². The molecule has 0 aliphatic carbocycles. The molecule has 1 saturated heterocycles. The van der Waals surface area contributed by atoms with Crippen LogP contribution in [0.1, 0.15) is 44.5 Å². The Morgan fingerprint density at radius 1 is 0.917 bits per heavy atom. The van der Waals surface area contributed by atoms with E-state index in [2.05, 4.69) is 5.32 Å². The van der Waals surface area contributed by atoms with Crippen LogP contribution in [0.2, 0.25) is 0 Å². The molecule has 0 radical (unpaired) electrons. The van der Waals surface area contributed by atoms with Crippen LogP contribution in [0.15, 0.2) is 30.3 Å². The summed E-state index contributed by atoms with van der Waals surface area (Å²) in [5, 5.41) is 2.63. The lowest BCUT2D eigenvalue weighted by atomic mass is 9.97. The molecule has 2 rings (SSSR count). The highest BCUT2D eigenvalue weighted by atomic mass is 32.2. The lowest BCUT2D eigenvalue weighted by molar-refractivity contribution is -0.232. The summed E-state index contributed by atoms with van der Waals surface area (Å²) >= 11 is 1.06. The number of hydrogen-bond acceptors (Lipinski definition) is 11. The van der Waals surface area contributed by atoms with Crippen molar-refractivity contribution in [2.45, 2.75) is 70.0 Å². The normalized spacial score (nSPS) is 24.1. The van der Waals surface area contributed by atoms with Gasteiger partial charge >= 0.3 is 23.9 Å². The molecule has 0 spiro atoms. The average molecular weight is 526 g/mol. The highest BCUT2D eigenvalue weighted by molar-refractivity contribution is 7.99. The van der Waals surface area contributed by atoms with Crippen LogP contribution in [0.5, 0.6) is 0 Å². The number of carbonyl (C=O) groups excluding carboxylic acids is 5. The van der Waals surface area contributed by atoms with E-state index >= 15 is 0 Å². The topological polar surface area (TPSA) is 144 Å². The monoisotopic (exact) mass is 525 g/mol. The van der Waals surface area contributed by atoms with Gasteiger partial charge in [-0.25, -0.2) is 4.79 Å². The zero-order valence-corrected chi connectivity index (χ0v) is 21.6. The number of ether oxygens (including phenoxy) is 5. The summed E-state index contributed by atoms with van der Waals surface area (Å²) < 4.78 is 27.2. The van der Waals surface area contributed by atoms with Crippen molar-refractivity contribution in [3.8, 4) is 0 Å². The number of benzene rings is 1. The van der Waals surface area contributed by atoms with Crippen molar-refractivity contribution in [3.05, 3.63) is 35.9 Å². The number of hydrogen-bond donors (Lipinski definition) is 1. The van der Waals surface area contributed by atoms with Gasteiger partial charge in [0.25, 0.3) is 5.91 Å². The van der Waals surface area contributed by atoms with Crippen molar-refractivity contribution < 1.29 is 47.7 Å². The van der Waals surface area contributed by atoms with Crippen molar-refractivity contribution in [1.82, 2.24) is 5.32 Å². The number of methoxy groups -OCH3 is 1. The Hall–Kier alpha value is -3.12. The fourth-order valence-electron chi connectivity index (χ4n) is 3.65. The van der Waals surface area contributed by atoms with Gasteiger partial charge in [-0.3, -0.25) is 19.2 Å². The van der Waals surface area contributed by atoms with Crippen molar-refractivity contribution in [3.63, 3.8) is 0 Å². The average Bonchev–Trinajstić information content (AvgIpc) is 2.83. The van der Waals surface area contributed by atoms with Gasteiger partial charge < -0.3 is 29.0 Å². The number of thioether (sulfide) groups is 1. The van der Waals surface area contributed by atoms with Crippen molar-refractivity contribution in [2.24, 2.45) is 0 Å². The second kappa shape index (κ2) is 13.8. The summed E-state index contributed by atoms with van der Waals surface area (Å²) in [5.74, 6) is -3.15. The highest BCUT2D eigenvalue weighted by Gasteiger charge is 2.51. The van der Waals surface area contributed by atoms with E-state index in [1.807, 2.05) is 0 Å². The molecule has 0 aromatic heterocycles. The zero-order chi connectivity index (χ0) is 26.8. The van der Waals surface area contributed by atoms with Crippen LogP contribution in [0.25, 0.3) is 0 Å². The van der Waals surface area contributed by atoms with Crippen LogP contribution >= 0.6 is 11.8 Å². The van der Waals surface area contributed by atoms with E-state index in [0.29, 0.717) is 12.0 Å². The molecule has 36 heavy (non-hydrogen) atoms. The smallest absolute Gasteiger partial charge is 0.329 e. The molecule has 1 N–H and O–H groups in total. The van der Waals surface area contributed by atoms with Crippen molar-refractivity contribution >= 4 is 41.5 Å². The van der Waals surface area contributed by atoms with Crippen molar-refractivity contribution in [2.75, 3.05) is 12.9 Å². The Kier molecular flexibility index (Phi) is 11.2. The fourth-order valence-corrected chi connectivity index (χ4v) is 4.87. The lowest BCUT2D eigenvalue weighted by Crippen LogP contribution is -2.60. The molecular weight excluding hydrogens is 494 g/mol. The van der Waals surface area contributed by atoms with E-state index in [4.69, 9.17) is 23.7 Å². The molecule has 1 fully saturated rings. The molecule has 1 aliphatic heterocycles. The van der Waals surface area contributed by atoms with E-state index < -0.39 is 65.7 Å². The highest BCUT2D eigenvalue weighted by Crippen LogP contribution is 2.35. The van der Waals surface area contributed by atoms with Crippen LogP contribution in [-0.2, 0) is 42.9 Å². The third-order valence-corrected chi connectivity index (χ3v) is 6.39. The number of esters is 4. The predicted molar refractivity (Wildman–Crippen MR) is 128 cm³/mol. The van der Waals surface area contributed by atoms with Gasteiger partial charge in [-0.05, 0) is 18.6 Å². The molecular formula is C24H31NO10S. The minimum Gasteiger partial charge on any atom is -0.467 e. The van der Waals surface area contributed by atoms with Gasteiger partial charge in [-0.1, -0.05) is 25.1 Å². The quantitative estimate of drug-likeness (QED) is 0.351. The summed E-state index contributed by atoms with van der Waals surface area (Å²) in [6.45, 7) is 5.35. The van der Waals surface area contributed by atoms with Gasteiger partial charge in [0.15, 0.2) is 18.3 Å². The van der Waals surface area contributed by atoms with E-state index in [0.717, 1.165) is 11.8 Å². The van der Waals surface area contributed by atoms with Gasteiger partial charge in [0.05, 0.1) is 13.2 Å². The van der Waals surface area contributed by atoms with Gasteiger partial charge in [-0.2, -0.15) is 0 Å². The lowest BCUT2D eigenvalue weighted by Gasteiger charge is -2.44. The fraction of sp³-hybridized carbons (Fsp3) is 0.542. The van der Waals surface area contributed by atoms with Gasteiger partial charge in [-0.15, -0.1) is 11.8 Å². The molecule has 1 aromatic rings. The molecule has 1 heterocycles. The Morgan fingerprint density at radius 2 is 1.47 bits per heavy atom. The van der Waals surface area contributed by atoms with E-state index in [9.17, 15) is 24.0 Å². The molecule has 11 nitrogen and oxygen atoms in total. The molecule has 0 bridgehead atoms. The van der Waals surface area contributed by atoms with Crippen LogP contribution in [-0.4, -0.2) is 78.5 Å². The third kappa shape index (κ3) is 8.23. The summed E-state index contributed by atoms with van der Waals surface area (Å²) in [6.07, 6.45) is -3.65. The number of carbonyl (C=O) groups is 5. The molecule has 6 atom stereocenters. The first-order valence-corrected chi connectivity index (χ1v) is 12.3. The summed E-state index contributed by atoms with van der Waals surface area (Å²) in [6, 6.07) is 7.27. The van der Waals surface area contributed by atoms with E-state index in [1.54, 1.807) is 37.3 Å². The second-order valence-corrected chi connectivity index (χ2v) is 9.05. The van der Waals surface area contributed by atoms with Crippen molar-refractivity contribution in [1.29, 1.82) is 0 Å². The van der Waals surface area contributed by atoms with Crippen LogP contribution in [0.3, 0.4) is 0 Å². The van der Waals surface area contributed by atoms with Gasteiger partial charge in [0, 0.05) is 32.1 Å². The van der Waals surface area contributed by atoms with Crippen LogP contribution in [0, 0.1) is 0 Å². The minimum absolute atomic E-state index is 0.0187. The minimum atomic E-state index is -1.16. The zero-order valence-electron chi connectivity index (χ0n) is 20.8. The van der Waals surface area contributed by atoms with E-state index in [-0.39, 0.29) is 5.75 Å². The third-order valence-electron chi connectivity index (χ3n) is 5.15. The molecule has 0 unspecified atom stereocenters. The largest absolute Gasteiger partial charge is 0.467 e. The summed E-state index contributed by atoms with van der Waals surface area (Å²) in [4.78, 5) is 60.5. The number of nitrogens with one attached hydrogen (secondary N) is 1. The molecule has 0 saturated carbocycles.